The lowest BCUT2D eigenvalue weighted by atomic mass is 10.1. The van der Waals surface area contributed by atoms with E-state index in [1.54, 1.807) is 11.8 Å². The molecule has 0 aliphatic heterocycles. The van der Waals surface area contributed by atoms with Gasteiger partial charge in [0.25, 0.3) is 0 Å². The van der Waals surface area contributed by atoms with Crippen molar-refractivity contribution < 1.29 is 0 Å². The minimum Gasteiger partial charge on any atom is -0.373 e. The summed E-state index contributed by atoms with van der Waals surface area (Å²) in [6.45, 7) is 3.97. The Bertz CT molecular complexity index is 799. The van der Waals surface area contributed by atoms with Gasteiger partial charge in [-0.2, -0.15) is 0 Å². The van der Waals surface area contributed by atoms with Crippen molar-refractivity contribution in [3.05, 3.63) is 53.9 Å². The molecule has 1 N–H and O–H groups in total. The van der Waals surface area contributed by atoms with Crippen LogP contribution in [0.2, 0.25) is 0 Å². The number of benzene rings is 2. The summed E-state index contributed by atoms with van der Waals surface area (Å²) in [4.78, 5) is 10.2. The van der Waals surface area contributed by atoms with Crippen LogP contribution in [-0.4, -0.2) is 17.0 Å². The molecule has 0 atom stereocenters. The third kappa shape index (κ3) is 2.85. The Hall–Kier alpha value is -2.07. The molecule has 0 amide bonds. The van der Waals surface area contributed by atoms with Crippen molar-refractivity contribution in [1.29, 1.82) is 0 Å². The molecule has 21 heavy (non-hydrogen) atoms. The fourth-order valence-electron chi connectivity index (χ4n) is 2.29. The lowest BCUT2D eigenvalue weighted by Crippen LogP contribution is -2.01. The lowest BCUT2D eigenvalue weighted by molar-refractivity contribution is 0.940. The number of nitrogens with one attached hydrogen (secondary N) is 1. The van der Waals surface area contributed by atoms with Gasteiger partial charge in [-0.3, -0.25) is 0 Å². The van der Waals surface area contributed by atoms with E-state index in [9.17, 15) is 0 Å². The highest BCUT2D eigenvalue weighted by molar-refractivity contribution is 7.99. The second-order valence-electron chi connectivity index (χ2n) is 4.91. The average molecular weight is 295 g/mol. The largest absolute Gasteiger partial charge is 0.373 e. The van der Waals surface area contributed by atoms with Gasteiger partial charge in [0, 0.05) is 17.5 Å². The third-order valence-corrected chi connectivity index (χ3v) is 4.47. The molecular formula is C17H17N3S. The van der Waals surface area contributed by atoms with Gasteiger partial charge in [-0.05, 0) is 36.8 Å². The zero-order chi connectivity index (χ0) is 14.8. The first-order valence-corrected chi connectivity index (χ1v) is 7.68. The summed E-state index contributed by atoms with van der Waals surface area (Å²) < 4.78 is 0. The third-order valence-electron chi connectivity index (χ3n) is 3.39. The number of anilines is 1. The molecule has 3 aromatic rings. The number of aromatic nitrogens is 2. The molecular weight excluding hydrogens is 278 g/mol. The fourth-order valence-corrected chi connectivity index (χ4v) is 3.26. The minimum atomic E-state index is 0.785. The van der Waals surface area contributed by atoms with Crippen molar-refractivity contribution in [2.24, 2.45) is 0 Å². The van der Waals surface area contributed by atoms with Crippen molar-refractivity contribution in [2.75, 3.05) is 12.4 Å². The first kappa shape index (κ1) is 13.9. The van der Waals surface area contributed by atoms with Gasteiger partial charge in [-0.15, -0.1) is 0 Å². The van der Waals surface area contributed by atoms with E-state index in [0.717, 1.165) is 22.2 Å². The summed E-state index contributed by atoms with van der Waals surface area (Å²) in [5.74, 6) is 1.68. The number of aryl methyl sites for hydroxylation is 1. The molecule has 0 aliphatic rings. The average Bonchev–Trinajstić information content (AvgIpc) is 2.50. The van der Waals surface area contributed by atoms with Crippen LogP contribution in [-0.2, 0) is 0 Å². The second-order valence-corrected chi connectivity index (χ2v) is 5.97. The predicted molar refractivity (Wildman–Crippen MR) is 89.1 cm³/mol. The Morgan fingerprint density at radius 3 is 2.48 bits per heavy atom. The van der Waals surface area contributed by atoms with Gasteiger partial charge in [0.15, 0.2) is 0 Å². The monoisotopic (exact) mass is 295 g/mol. The minimum absolute atomic E-state index is 0.785. The number of hydrogen-bond acceptors (Lipinski definition) is 4. The molecule has 3 nitrogen and oxygen atoms in total. The highest BCUT2D eigenvalue weighted by Gasteiger charge is 2.10. The van der Waals surface area contributed by atoms with Crippen LogP contribution in [0.4, 0.5) is 5.82 Å². The molecule has 3 rings (SSSR count). The van der Waals surface area contributed by atoms with Crippen molar-refractivity contribution in [3.8, 4) is 0 Å². The van der Waals surface area contributed by atoms with E-state index in [0.29, 0.717) is 0 Å². The van der Waals surface area contributed by atoms with E-state index < -0.39 is 0 Å². The second kappa shape index (κ2) is 5.74. The maximum Gasteiger partial charge on any atom is 0.133 e. The SMILES string of the molecule is CNc1nc(C)nc(Sc2ccc3ccccc3c2)c1C. The van der Waals surface area contributed by atoms with Crippen molar-refractivity contribution in [1.82, 2.24) is 9.97 Å². The normalized spacial score (nSPS) is 10.8. The van der Waals surface area contributed by atoms with Gasteiger partial charge < -0.3 is 5.32 Å². The van der Waals surface area contributed by atoms with Gasteiger partial charge >= 0.3 is 0 Å². The van der Waals surface area contributed by atoms with Crippen LogP contribution in [0.25, 0.3) is 10.8 Å². The fraction of sp³-hybridized carbons (Fsp3) is 0.176. The van der Waals surface area contributed by atoms with E-state index >= 15 is 0 Å². The Morgan fingerprint density at radius 1 is 0.952 bits per heavy atom. The Balaban J connectivity index is 2.00. The molecule has 0 radical (unpaired) electrons. The molecule has 2 aromatic carbocycles. The molecule has 0 bridgehead atoms. The van der Waals surface area contributed by atoms with Crippen LogP contribution < -0.4 is 5.32 Å². The zero-order valence-corrected chi connectivity index (χ0v) is 13.2. The topological polar surface area (TPSA) is 37.8 Å². The molecule has 0 saturated carbocycles. The van der Waals surface area contributed by atoms with Gasteiger partial charge in [0.2, 0.25) is 0 Å². The van der Waals surface area contributed by atoms with Crippen LogP contribution in [0.15, 0.2) is 52.4 Å². The van der Waals surface area contributed by atoms with E-state index in [4.69, 9.17) is 0 Å². The Morgan fingerprint density at radius 2 is 1.71 bits per heavy atom. The van der Waals surface area contributed by atoms with E-state index in [-0.39, 0.29) is 0 Å². The molecule has 0 fully saturated rings. The summed E-state index contributed by atoms with van der Waals surface area (Å²) in [6.07, 6.45) is 0. The van der Waals surface area contributed by atoms with Gasteiger partial charge in [0.1, 0.15) is 16.7 Å². The first-order valence-electron chi connectivity index (χ1n) is 6.87. The molecule has 4 heteroatoms. The lowest BCUT2D eigenvalue weighted by Gasteiger charge is -2.10. The van der Waals surface area contributed by atoms with Crippen molar-refractivity contribution >= 4 is 28.4 Å². The molecule has 0 aliphatic carbocycles. The van der Waals surface area contributed by atoms with Crippen molar-refractivity contribution in [2.45, 2.75) is 23.8 Å². The predicted octanol–water partition coefficient (Wildman–Crippen LogP) is 4.44. The zero-order valence-electron chi connectivity index (χ0n) is 12.3. The summed E-state index contributed by atoms with van der Waals surface area (Å²) in [6, 6.07) is 14.9. The summed E-state index contributed by atoms with van der Waals surface area (Å²) in [5, 5.41) is 6.64. The molecule has 0 saturated heterocycles. The molecule has 106 valence electrons. The number of rotatable bonds is 3. The Labute approximate surface area is 128 Å². The maximum absolute atomic E-state index is 4.57. The van der Waals surface area contributed by atoms with Crippen molar-refractivity contribution in [3.63, 3.8) is 0 Å². The van der Waals surface area contributed by atoms with E-state index in [1.807, 2.05) is 14.0 Å². The molecule has 1 aromatic heterocycles. The van der Waals surface area contributed by atoms with Crippen LogP contribution >= 0.6 is 11.8 Å². The van der Waals surface area contributed by atoms with Crippen LogP contribution in [0.5, 0.6) is 0 Å². The van der Waals surface area contributed by atoms with Crippen LogP contribution in [0.1, 0.15) is 11.4 Å². The summed E-state index contributed by atoms with van der Waals surface area (Å²) >= 11 is 1.68. The molecule has 0 spiro atoms. The Kier molecular flexibility index (Phi) is 3.80. The van der Waals surface area contributed by atoms with Gasteiger partial charge in [-0.1, -0.05) is 42.1 Å². The first-order chi connectivity index (χ1) is 10.2. The highest BCUT2D eigenvalue weighted by Crippen LogP contribution is 2.32. The van der Waals surface area contributed by atoms with E-state index in [2.05, 4.69) is 64.7 Å². The van der Waals surface area contributed by atoms with Crippen LogP contribution in [0, 0.1) is 13.8 Å². The smallest absolute Gasteiger partial charge is 0.133 e. The number of fused-ring (bicyclic) bond motifs is 1. The summed E-state index contributed by atoms with van der Waals surface area (Å²) in [7, 11) is 1.89. The van der Waals surface area contributed by atoms with Gasteiger partial charge in [-0.25, -0.2) is 9.97 Å². The maximum atomic E-state index is 4.57. The highest BCUT2D eigenvalue weighted by atomic mass is 32.2. The van der Waals surface area contributed by atoms with E-state index in [1.165, 1.54) is 15.7 Å². The summed E-state index contributed by atoms with van der Waals surface area (Å²) in [5.41, 5.74) is 1.08. The molecule has 0 unspecified atom stereocenters. The standard InChI is InChI=1S/C17H17N3S/c1-11-16(18-3)19-12(2)20-17(11)21-15-9-8-13-6-4-5-7-14(13)10-15/h4-10H,1-3H3,(H,18,19,20). The van der Waals surface area contributed by atoms with Gasteiger partial charge in [0.05, 0.1) is 0 Å². The molecule has 1 heterocycles. The quantitative estimate of drug-likeness (QED) is 0.725. The number of nitrogens with zero attached hydrogens (tertiary/aromatic N) is 2. The van der Waals surface area contributed by atoms with Crippen LogP contribution in [0.3, 0.4) is 0 Å². The number of hydrogen-bond donors (Lipinski definition) is 1.